The number of unbranched alkanes of at least 4 members (excludes halogenated alkanes) is 1. The van der Waals surface area contributed by atoms with Crippen LogP contribution in [0.15, 0.2) is 0 Å². The molecule has 0 spiro atoms. The number of nitrogens with one attached hydrogen (secondary N) is 1. The summed E-state index contributed by atoms with van der Waals surface area (Å²) >= 11 is 0. The predicted molar refractivity (Wildman–Crippen MR) is 137 cm³/mol. The summed E-state index contributed by atoms with van der Waals surface area (Å²) in [4.78, 5) is 45.0. The summed E-state index contributed by atoms with van der Waals surface area (Å²) in [5, 5.41) is 3.05. The Kier molecular flexibility index (Phi) is 10.4. The third-order valence-corrected chi connectivity index (χ3v) is 7.38. The summed E-state index contributed by atoms with van der Waals surface area (Å²) < 4.78 is 0. The highest BCUT2D eigenvalue weighted by Gasteiger charge is 2.41. The molecule has 0 aromatic heterocycles. The minimum atomic E-state index is -0.409. The number of likely N-dealkylation sites (tertiary alicyclic amines) is 2. The molecule has 0 aromatic rings. The Hall–Kier alpha value is -1.63. The summed E-state index contributed by atoms with van der Waals surface area (Å²) in [6, 6.07) is -0.805. The summed E-state index contributed by atoms with van der Waals surface area (Å²) in [5.74, 6) is -0.0112. The topological polar surface area (TPSA) is 73.0 Å². The monoisotopic (exact) mass is 478 g/mol. The van der Waals surface area contributed by atoms with Crippen LogP contribution in [0.2, 0.25) is 0 Å². The van der Waals surface area contributed by atoms with Gasteiger partial charge >= 0.3 is 0 Å². The van der Waals surface area contributed by atoms with Crippen LogP contribution in [0.3, 0.4) is 0 Å². The zero-order valence-electron chi connectivity index (χ0n) is 22.9. The number of carbonyl (C=O) groups is 3. The minimum Gasteiger partial charge on any atom is -0.354 e. The molecule has 0 saturated carbocycles. The molecule has 2 saturated heterocycles. The first-order chi connectivity index (χ1) is 15.8. The smallest absolute Gasteiger partial charge is 0.246 e. The number of hydrogen-bond donors (Lipinski definition) is 1. The predicted octanol–water partition coefficient (Wildman–Crippen LogP) is 3.81. The van der Waals surface area contributed by atoms with Crippen molar-refractivity contribution in [3.05, 3.63) is 0 Å². The van der Waals surface area contributed by atoms with E-state index in [0.29, 0.717) is 44.3 Å². The quantitative estimate of drug-likeness (QED) is 0.485. The Bertz CT molecular complexity index is 695. The number of rotatable bonds is 10. The third kappa shape index (κ3) is 8.54. The van der Waals surface area contributed by atoms with Gasteiger partial charge in [-0.1, -0.05) is 27.2 Å². The van der Waals surface area contributed by atoms with Crippen molar-refractivity contribution in [2.24, 2.45) is 5.41 Å². The van der Waals surface area contributed by atoms with Gasteiger partial charge in [-0.05, 0) is 84.7 Å². The summed E-state index contributed by atoms with van der Waals surface area (Å²) in [6.45, 7) is 15.9. The Morgan fingerprint density at radius 2 is 1.50 bits per heavy atom. The highest BCUT2D eigenvalue weighted by Crippen LogP contribution is 2.26. The maximum Gasteiger partial charge on any atom is 0.246 e. The Labute approximate surface area is 208 Å². The molecule has 2 atom stereocenters. The third-order valence-electron chi connectivity index (χ3n) is 7.38. The summed E-state index contributed by atoms with van der Waals surface area (Å²) in [6.07, 6.45) is 7.52. The van der Waals surface area contributed by atoms with E-state index >= 15 is 0 Å². The van der Waals surface area contributed by atoms with Gasteiger partial charge in [-0.3, -0.25) is 14.4 Å². The van der Waals surface area contributed by atoms with Crippen LogP contribution in [-0.4, -0.2) is 83.3 Å². The van der Waals surface area contributed by atoms with E-state index in [1.807, 2.05) is 0 Å². The molecule has 0 bridgehead atoms. The van der Waals surface area contributed by atoms with Gasteiger partial charge in [0.1, 0.15) is 12.1 Å². The summed E-state index contributed by atoms with van der Waals surface area (Å²) in [5.41, 5.74) is 0.388. The molecule has 0 aliphatic carbocycles. The zero-order chi connectivity index (χ0) is 25.5. The fourth-order valence-corrected chi connectivity index (χ4v) is 4.87. The number of carbonyl (C=O) groups excluding carboxylic acids is 3. The van der Waals surface area contributed by atoms with Crippen molar-refractivity contribution in [1.82, 2.24) is 20.0 Å². The van der Waals surface area contributed by atoms with Crippen LogP contribution < -0.4 is 5.32 Å². The van der Waals surface area contributed by atoms with Crippen molar-refractivity contribution in [3.63, 3.8) is 0 Å². The molecule has 34 heavy (non-hydrogen) atoms. The van der Waals surface area contributed by atoms with E-state index in [2.05, 4.69) is 58.8 Å². The normalized spacial score (nSPS) is 21.4. The maximum atomic E-state index is 13.4. The van der Waals surface area contributed by atoms with Crippen molar-refractivity contribution in [1.29, 1.82) is 0 Å². The second-order valence-electron chi connectivity index (χ2n) is 12.4. The fraction of sp³-hybridized carbons (Fsp3) is 0.889. The Morgan fingerprint density at radius 1 is 0.882 bits per heavy atom. The van der Waals surface area contributed by atoms with Gasteiger partial charge in [0.25, 0.3) is 0 Å². The Balaban J connectivity index is 1.85. The van der Waals surface area contributed by atoms with Crippen molar-refractivity contribution >= 4 is 17.7 Å². The molecule has 0 radical (unpaired) electrons. The lowest BCUT2D eigenvalue weighted by Gasteiger charge is -2.33. The van der Waals surface area contributed by atoms with Crippen LogP contribution in [0.5, 0.6) is 0 Å². The van der Waals surface area contributed by atoms with E-state index in [0.717, 1.165) is 45.1 Å². The maximum absolute atomic E-state index is 13.4. The van der Waals surface area contributed by atoms with Crippen molar-refractivity contribution < 1.29 is 14.4 Å². The molecule has 3 amide bonds. The SMILES string of the molecule is CN(CCCC(=O)N1CCCC1C(=O)N1CCCC1C(=O)NCCCCC(C)(C)C)C(C)(C)C. The molecule has 2 aliphatic heterocycles. The van der Waals surface area contributed by atoms with Gasteiger partial charge in [0.2, 0.25) is 17.7 Å². The van der Waals surface area contributed by atoms with Crippen molar-refractivity contribution in [3.8, 4) is 0 Å². The van der Waals surface area contributed by atoms with Gasteiger partial charge in [-0.25, -0.2) is 0 Å². The fourth-order valence-electron chi connectivity index (χ4n) is 4.87. The number of nitrogens with zero attached hydrogens (tertiary/aromatic N) is 3. The first-order valence-corrected chi connectivity index (χ1v) is 13.4. The molecular weight excluding hydrogens is 428 g/mol. The minimum absolute atomic E-state index is 0.0388. The second-order valence-corrected chi connectivity index (χ2v) is 12.4. The van der Waals surface area contributed by atoms with Crippen molar-refractivity contribution in [2.45, 2.75) is 117 Å². The lowest BCUT2D eigenvalue weighted by Crippen LogP contribution is -2.53. The number of hydrogen-bond acceptors (Lipinski definition) is 4. The van der Waals surface area contributed by atoms with Crippen LogP contribution >= 0.6 is 0 Å². The average molecular weight is 479 g/mol. The lowest BCUT2D eigenvalue weighted by molar-refractivity contribution is -0.146. The first kappa shape index (κ1) is 28.6. The van der Waals surface area contributed by atoms with E-state index < -0.39 is 12.1 Å². The number of amides is 3. The molecule has 7 nitrogen and oxygen atoms in total. The highest BCUT2D eigenvalue weighted by molar-refractivity contribution is 5.92. The second kappa shape index (κ2) is 12.4. The highest BCUT2D eigenvalue weighted by atomic mass is 16.2. The van der Waals surface area contributed by atoms with E-state index in [1.165, 1.54) is 0 Å². The largest absolute Gasteiger partial charge is 0.354 e. The van der Waals surface area contributed by atoms with Gasteiger partial charge in [-0.15, -0.1) is 0 Å². The van der Waals surface area contributed by atoms with Gasteiger partial charge in [0.15, 0.2) is 0 Å². The molecular formula is C27H50N4O3. The molecule has 2 rings (SSSR count). The molecule has 0 aromatic carbocycles. The summed E-state index contributed by atoms with van der Waals surface area (Å²) in [7, 11) is 2.08. The average Bonchev–Trinajstić information content (AvgIpc) is 3.41. The van der Waals surface area contributed by atoms with E-state index in [4.69, 9.17) is 0 Å². The van der Waals surface area contributed by atoms with Gasteiger partial charge in [0, 0.05) is 31.6 Å². The van der Waals surface area contributed by atoms with Crippen LogP contribution in [0.25, 0.3) is 0 Å². The van der Waals surface area contributed by atoms with Gasteiger partial charge in [-0.2, -0.15) is 0 Å². The van der Waals surface area contributed by atoms with Crippen LogP contribution in [0, 0.1) is 5.41 Å². The van der Waals surface area contributed by atoms with Crippen molar-refractivity contribution in [2.75, 3.05) is 33.2 Å². The van der Waals surface area contributed by atoms with Crippen LogP contribution in [0.4, 0.5) is 0 Å². The van der Waals surface area contributed by atoms with E-state index in [9.17, 15) is 14.4 Å². The molecule has 196 valence electrons. The van der Waals surface area contributed by atoms with E-state index in [1.54, 1.807) is 9.80 Å². The van der Waals surface area contributed by atoms with Gasteiger partial charge in [0.05, 0.1) is 0 Å². The molecule has 2 fully saturated rings. The molecule has 2 aliphatic rings. The molecule has 2 heterocycles. The molecule has 1 N–H and O–H groups in total. The first-order valence-electron chi connectivity index (χ1n) is 13.4. The van der Waals surface area contributed by atoms with E-state index in [-0.39, 0.29) is 23.3 Å². The zero-order valence-corrected chi connectivity index (χ0v) is 22.9. The Morgan fingerprint density at radius 3 is 2.12 bits per heavy atom. The van der Waals surface area contributed by atoms with Crippen LogP contribution in [-0.2, 0) is 14.4 Å². The lowest BCUT2D eigenvalue weighted by atomic mass is 9.90. The van der Waals surface area contributed by atoms with Crippen LogP contribution in [0.1, 0.15) is 99.3 Å². The molecule has 7 heteroatoms. The standard InChI is InChI=1S/C27H50N4O3/c1-26(2,3)16-8-9-17-28-24(33)21-13-10-20-31(21)25(34)22-14-11-19-30(22)23(32)15-12-18-29(7)27(4,5)6/h21-22H,8-20H2,1-7H3,(H,28,33). The molecule has 2 unspecified atom stereocenters. The van der Waals surface area contributed by atoms with Gasteiger partial charge < -0.3 is 20.0 Å².